The standard InChI is InChI=1S/C15H16Cl2N2O2/c1-8-13(20)18-15(2,9-3-4-9)14(21)19(8)12-6-10(16)5-11(17)7-12/h5-9H,3-4H2,1-2H3,(H,18,20). The van der Waals surface area contributed by atoms with Crippen molar-refractivity contribution in [1.29, 1.82) is 0 Å². The number of carbonyl (C=O) groups excluding carboxylic acids is 2. The van der Waals surface area contributed by atoms with Gasteiger partial charge in [0.05, 0.1) is 0 Å². The summed E-state index contributed by atoms with van der Waals surface area (Å²) in [7, 11) is 0. The van der Waals surface area contributed by atoms with Crippen molar-refractivity contribution in [3.05, 3.63) is 28.2 Å². The summed E-state index contributed by atoms with van der Waals surface area (Å²) in [5.41, 5.74) is -0.273. The molecule has 6 heteroatoms. The molecule has 1 saturated heterocycles. The van der Waals surface area contributed by atoms with Crippen molar-refractivity contribution in [2.75, 3.05) is 4.90 Å². The minimum absolute atomic E-state index is 0.101. The first kappa shape index (κ1) is 14.7. The molecule has 21 heavy (non-hydrogen) atoms. The van der Waals surface area contributed by atoms with Crippen molar-refractivity contribution < 1.29 is 9.59 Å². The second-order valence-electron chi connectivity index (χ2n) is 5.94. The van der Waals surface area contributed by atoms with Crippen LogP contribution in [0.5, 0.6) is 0 Å². The van der Waals surface area contributed by atoms with Gasteiger partial charge in [-0.1, -0.05) is 23.2 Å². The van der Waals surface area contributed by atoms with Crippen molar-refractivity contribution in [3.63, 3.8) is 0 Å². The highest BCUT2D eigenvalue weighted by molar-refractivity contribution is 6.35. The Bertz CT molecular complexity index is 610. The monoisotopic (exact) mass is 326 g/mol. The lowest BCUT2D eigenvalue weighted by Gasteiger charge is -2.43. The number of rotatable bonds is 2. The summed E-state index contributed by atoms with van der Waals surface area (Å²) in [6, 6.07) is 4.34. The molecule has 2 amide bonds. The molecule has 2 aliphatic rings. The van der Waals surface area contributed by atoms with E-state index in [1.54, 1.807) is 32.0 Å². The number of piperazine rings is 1. The summed E-state index contributed by atoms with van der Waals surface area (Å²) in [6.45, 7) is 3.50. The van der Waals surface area contributed by atoms with Gasteiger partial charge in [0, 0.05) is 15.7 Å². The lowest BCUT2D eigenvalue weighted by molar-refractivity contribution is -0.138. The van der Waals surface area contributed by atoms with Crippen molar-refractivity contribution in [3.8, 4) is 0 Å². The molecule has 0 aromatic heterocycles. The van der Waals surface area contributed by atoms with Crippen molar-refractivity contribution in [1.82, 2.24) is 5.32 Å². The van der Waals surface area contributed by atoms with Gasteiger partial charge in [-0.3, -0.25) is 14.5 Å². The predicted molar refractivity (Wildman–Crippen MR) is 82.7 cm³/mol. The summed E-state index contributed by atoms with van der Waals surface area (Å²) in [6.07, 6.45) is 1.92. The number of benzene rings is 1. The van der Waals surface area contributed by atoms with Gasteiger partial charge >= 0.3 is 0 Å². The number of amides is 2. The predicted octanol–water partition coefficient (Wildman–Crippen LogP) is 3.01. The molecule has 1 aromatic rings. The van der Waals surface area contributed by atoms with Crippen LogP contribution in [0, 0.1) is 5.92 Å². The van der Waals surface area contributed by atoms with E-state index in [2.05, 4.69) is 5.32 Å². The largest absolute Gasteiger partial charge is 0.340 e. The minimum atomic E-state index is -0.835. The first-order valence-corrected chi connectivity index (χ1v) is 7.70. The Kier molecular flexibility index (Phi) is 3.41. The molecule has 1 aliphatic carbocycles. The van der Waals surface area contributed by atoms with E-state index in [0.717, 1.165) is 12.8 Å². The number of nitrogens with one attached hydrogen (secondary N) is 1. The van der Waals surface area contributed by atoms with E-state index in [1.807, 2.05) is 0 Å². The molecule has 0 bridgehead atoms. The highest BCUT2D eigenvalue weighted by Gasteiger charge is 2.54. The van der Waals surface area contributed by atoms with Crippen molar-refractivity contribution in [2.24, 2.45) is 5.92 Å². The fourth-order valence-corrected chi connectivity index (χ4v) is 3.43. The maximum absolute atomic E-state index is 12.9. The van der Waals surface area contributed by atoms with E-state index in [4.69, 9.17) is 23.2 Å². The Labute approximate surface area is 133 Å². The Morgan fingerprint density at radius 3 is 2.29 bits per heavy atom. The Hall–Kier alpha value is -1.26. The van der Waals surface area contributed by atoms with Gasteiger partial charge < -0.3 is 5.32 Å². The zero-order valence-electron chi connectivity index (χ0n) is 11.8. The molecule has 3 rings (SSSR count). The van der Waals surface area contributed by atoms with Gasteiger partial charge in [-0.05, 0) is 50.8 Å². The maximum Gasteiger partial charge on any atom is 0.253 e. The van der Waals surface area contributed by atoms with E-state index in [0.29, 0.717) is 15.7 Å². The molecule has 1 saturated carbocycles. The van der Waals surface area contributed by atoms with Crippen LogP contribution in [0.3, 0.4) is 0 Å². The summed E-state index contributed by atoms with van der Waals surface area (Å²) in [5.74, 6) is -0.0471. The smallest absolute Gasteiger partial charge is 0.253 e. The first-order chi connectivity index (χ1) is 9.83. The third-order valence-electron chi connectivity index (χ3n) is 4.33. The van der Waals surface area contributed by atoms with E-state index in [1.165, 1.54) is 4.90 Å². The molecular formula is C15H16Cl2N2O2. The van der Waals surface area contributed by atoms with Crippen LogP contribution in [0.2, 0.25) is 10.0 Å². The van der Waals surface area contributed by atoms with Gasteiger partial charge in [-0.2, -0.15) is 0 Å². The number of nitrogens with zero attached hydrogens (tertiary/aromatic N) is 1. The zero-order valence-corrected chi connectivity index (χ0v) is 13.3. The zero-order chi connectivity index (χ0) is 15.4. The third kappa shape index (κ3) is 2.40. The highest BCUT2D eigenvalue weighted by Crippen LogP contribution is 2.43. The average Bonchev–Trinajstić information content (AvgIpc) is 3.20. The summed E-state index contributed by atoms with van der Waals surface area (Å²) >= 11 is 12.0. The van der Waals surface area contributed by atoms with Gasteiger partial charge in [-0.25, -0.2) is 0 Å². The van der Waals surface area contributed by atoms with Gasteiger partial charge in [0.15, 0.2) is 0 Å². The molecule has 2 unspecified atom stereocenters. The van der Waals surface area contributed by atoms with Crippen LogP contribution in [-0.2, 0) is 9.59 Å². The number of halogens is 2. The van der Waals surface area contributed by atoms with E-state index in [-0.39, 0.29) is 17.7 Å². The number of anilines is 1. The van der Waals surface area contributed by atoms with Crippen LogP contribution in [0.25, 0.3) is 0 Å². The van der Waals surface area contributed by atoms with Crippen LogP contribution in [0.1, 0.15) is 26.7 Å². The van der Waals surface area contributed by atoms with E-state index < -0.39 is 11.6 Å². The topological polar surface area (TPSA) is 49.4 Å². The molecule has 1 heterocycles. The molecule has 112 valence electrons. The quantitative estimate of drug-likeness (QED) is 0.908. The fourth-order valence-electron chi connectivity index (χ4n) is 2.91. The van der Waals surface area contributed by atoms with Gasteiger partial charge in [-0.15, -0.1) is 0 Å². The summed E-state index contributed by atoms with van der Waals surface area (Å²) in [4.78, 5) is 26.7. The SMILES string of the molecule is CC1C(=O)NC(C)(C2CC2)C(=O)N1c1cc(Cl)cc(Cl)c1. The van der Waals surface area contributed by atoms with Crippen LogP contribution in [0.15, 0.2) is 18.2 Å². The van der Waals surface area contributed by atoms with Crippen LogP contribution < -0.4 is 10.2 Å². The third-order valence-corrected chi connectivity index (χ3v) is 4.77. The summed E-state index contributed by atoms with van der Waals surface area (Å²) < 4.78 is 0. The Morgan fingerprint density at radius 2 is 1.76 bits per heavy atom. The van der Waals surface area contributed by atoms with E-state index in [9.17, 15) is 9.59 Å². The van der Waals surface area contributed by atoms with Crippen molar-refractivity contribution >= 4 is 40.7 Å². The van der Waals surface area contributed by atoms with Crippen LogP contribution in [0.4, 0.5) is 5.69 Å². The average molecular weight is 327 g/mol. The normalized spacial score (nSPS) is 29.5. The minimum Gasteiger partial charge on any atom is -0.340 e. The van der Waals surface area contributed by atoms with Gasteiger partial charge in [0.2, 0.25) is 5.91 Å². The molecule has 0 radical (unpaired) electrons. The van der Waals surface area contributed by atoms with Gasteiger partial charge in [0.25, 0.3) is 5.91 Å². The number of hydrogen-bond acceptors (Lipinski definition) is 2. The van der Waals surface area contributed by atoms with Crippen LogP contribution >= 0.6 is 23.2 Å². The Morgan fingerprint density at radius 1 is 1.19 bits per heavy atom. The number of carbonyl (C=O) groups is 2. The van der Waals surface area contributed by atoms with Crippen LogP contribution in [-0.4, -0.2) is 23.4 Å². The van der Waals surface area contributed by atoms with Crippen molar-refractivity contribution in [2.45, 2.75) is 38.3 Å². The molecule has 0 spiro atoms. The second kappa shape index (κ2) is 4.89. The molecule has 2 atom stereocenters. The Balaban J connectivity index is 2.05. The molecule has 1 N–H and O–H groups in total. The molecular weight excluding hydrogens is 311 g/mol. The highest BCUT2D eigenvalue weighted by atomic mass is 35.5. The lowest BCUT2D eigenvalue weighted by atomic mass is 9.89. The van der Waals surface area contributed by atoms with Gasteiger partial charge in [0.1, 0.15) is 11.6 Å². The second-order valence-corrected chi connectivity index (χ2v) is 6.82. The summed E-state index contributed by atoms with van der Waals surface area (Å²) in [5, 5.41) is 3.77. The lowest BCUT2D eigenvalue weighted by Crippen LogP contribution is -2.69. The molecule has 2 fully saturated rings. The maximum atomic E-state index is 12.9. The molecule has 1 aromatic carbocycles. The molecule has 1 aliphatic heterocycles. The van der Waals surface area contributed by atoms with E-state index >= 15 is 0 Å². The first-order valence-electron chi connectivity index (χ1n) is 6.94. The number of hydrogen-bond donors (Lipinski definition) is 1. The molecule has 4 nitrogen and oxygen atoms in total. The fraction of sp³-hybridized carbons (Fsp3) is 0.467.